The van der Waals surface area contributed by atoms with Gasteiger partial charge in [0.05, 0.1) is 6.54 Å². The Bertz CT molecular complexity index is 534. The predicted octanol–water partition coefficient (Wildman–Crippen LogP) is 2.78. The van der Waals surface area contributed by atoms with E-state index in [9.17, 15) is 4.79 Å². The summed E-state index contributed by atoms with van der Waals surface area (Å²) in [5.74, 6) is 1.12. The average Bonchev–Trinajstić information content (AvgIpc) is 2.89. The molecule has 2 heterocycles. The van der Waals surface area contributed by atoms with Gasteiger partial charge in [0.2, 0.25) is 0 Å². The Morgan fingerprint density at radius 2 is 2.15 bits per heavy atom. The number of carbonyl (C=O) groups is 1. The van der Waals surface area contributed by atoms with Gasteiger partial charge < -0.3 is 15.1 Å². The summed E-state index contributed by atoms with van der Waals surface area (Å²) in [5.41, 5.74) is 6.11. The molecular formula is C16H24N2O2. The van der Waals surface area contributed by atoms with E-state index in [1.807, 2.05) is 4.90 Å². The highest BCUT2D eigenvalue weighted by atomic mass is 16.4. The van der Waals surface area contributed by atoms with E-state index in [0.717, 1.165) is 19.4 Å². The van der Waals surface area contributed by atoms with Crippen LogP contribution in [0.5, 0.6) is 0 Å². The molecule has 4 heteroatoms. The zero-order valence-electron chi connectivity index (χ0n) is 12.6. The summed E-state index contributed by atoms with van der Waals surface area (Å²) in [5, 5.41) is 0. The second kappa shape index (κ2) is 4.35. The highest BCUT2D eigenvalue weighted by Crippen LogP contribution is 2.52. The van der Waals surface area contributed by atoms with Crippen LogP contribution in [0.15, 0.2) is 16.5 Å². The maximum atomic E-state index is 12.7. The van der Waals surface area contributed by atoms with Crippen molar-refractivity contribution in [1.29, 1.82) is 0 Å². The highest BCUT2D eigenvalue weighted by Gasteiger charge is 2.51. The summed E-state index contributed by atoms with van der Waals surface area (Å²) >= 11 is 0. The molecule has 2 aliphatic rings. The smallest absolute Gasteiger partial charge is 0.289 e. The van der Waals surface area contributed by atoms with Crippen LogP contribution in [0.25, 0.3) is 0 Å². The molecule has 1 aromatic heterocycles. The fourth-order valence-electron chi connectivity index (χ4n) is 4.44. The quantitative estimate of drug-likeness (QED) is 0.903. The Morgan fingerprint density at radius 3 is 2.80 bits per heavy atom. The molecule has 1 amide bonds. The number of hydrogen-bond acceptors (Lipinski definition) is 3. The van der Waals surface area contributed by atoms with Gasteiger partial charge in [-0.2, -0.15) is 0 Å². The molecule has 2 unspecified atom stereocenters. The van der Waals surface area contributed by atoms with Crippen molar-refractivity contribution in [3.8, 4) is 0 Å². The molecule has 2 N–H and O–H groups in total. The van der Waals surface area contributed by atoms with Crippen LogP contribution in [-0.4, -0.2) is 23.4 Å². The molecule has 2 bridgehead atoms. The second-order valence-electron chi connectivity index (χ2n) is 7.62. The third-order valence-electron chi connectivity index (χ3n) is 4.75. The van der Waals surface area contributed by atoms with Crippen LogP contribution in [-0.2, 0) is 6.54 Å². The second-order valence-corrected chi connectivity index (χ2v) is 7.62. The minimum absolute atomic E-state index is 0.0242. The summed E-state index contributed by atoms with van der Waals surface area (Å²) in [4.78, 5) is 14.7. The van der Waals surface area contributed by atoms with Crippen LogP contribution in [0.2, 0.25) is 0 Å². The van der Waals surface area contributed by atoms with Crippen LogP contribution in [0, 0.1) is 10.8 Å². The Balaban J connectivity index is 1.83. The summed E-state index contributed by atoms with van der Waals surface area (Å²) in [6, 6.07) is 3.89. The van der Waals surface area contributed by atoms with Crippen molar-refractivity contribution in [3.05, 3.63) is 23.7 Å². The first kappa shape index (κ1) is 13.7. The Morgan fingerprint density at radius 1 is 1.40 bits per heavy atom. The van der Waals surface area contributed by atoms with E-state index in [-0.39, 0.29) is 11.3 Å². The maximum Gasteiger partial charge on any atom is 0.289 e. The van der Waals surface area contributed by atoms with E-state index < -0.39 is 0 Å². The highest BCUT2D eigenvalue weighted by molar-refractivity contribution is 5.92. The normalized spacial score (nSPS) is 31.6. The van der Waals surface area contributed by atoms with Gasteiger partial charge in [-0.3, -0.25) is 4.79 Å². The number of carbonyl (C=O) groups excluding carboxylic acids is 1. The first-order valence-corrected chi connectivity index (χ1v) is 7.42. The van der Waals surface area contributed by atoms with Crippen molar-refractivity contribution in [2.45, 2.75) is 52.6 Å². The van der Waals surface area contributed by atoms with Gasteiger partial charge in [-0.1, -0.05) is 20.8 Å². The van der Waals surface area contributed by atoms with Gasteiger partial charge in [0, 0.05) is 12.6 Å². The molecule has 2 atom stereocenters. The lowest BCUT2D eigenvalue weighted by Gasteiger charge is -2.39. The number of fused-ring (bicyclic) bond motifs is 2. The molecular weight excluding hydrogens is 252 g/mol. The van der Waals surface area contributed by atoms with Gasteiger partial charge in [-0.25, -0.2) is 0 Å². The minimum Gasteiger partial charge on any atom is -0.455 e. The standard InChI is InChI=1S/C16H24N2O2/c1-15(2)6-11-7-16(3,9-15)10-18(11)14(19)13-5-4-12(8-17)20-13/h4-5,11H,6-10,17H2,1-3H3. The van der Waals surface area contributed by atoms with Crippen molar-refractivity contribution < 1.29 is 9.21 Å². The van der Waals surface area contributed by atoms with Gasteiger partial charge in [0.25, 0.3) is 5.91 Å². The molecule has 1 saturated carbocycles. The monoisotopic (exact) mass is 276 g/mol. The van der Waals surface area contributed by atoms with Crippen LogP contribution in [0.1, 0.15) is 56.3 Å². The predicted molar refractivity (Wildman–Crippen MR) is 77.2 cm³/mol. The molecule has 2 fully saturated rings. The van der Waals surface area contributed by atoms with E-state index in [2.05, 4.69) is 20.8 Å². The molecule has 1 saturated heterocycles. The van der Waals surface area contributed by atoms with E-state index in [4.69, 9.17) is 10.2 Å². The molecule has 0 spiro atoms. The van der Waals surface area contributed by atoms with Crippen molar-refractivity contribution >= 4 is 5.91 Å². The Kier molecular flexibility index (Phi) is 2.98. The van der Waals surface area contributed by atoms with Crippen LogP contribution in [0.3, 0.4) is 0 Å². The molecule has 1 aromatic rings. The van der Waals surface area contributed by atoms with Crippen LogP contribution < -0.4 is 5.73 Å². The summed E-state index contributed by atoms with van der Waals surface area (Å²) in [6.45, 7) is 8.11. The number of furan rings is 1. The fourth-order valence-corrected chi connectivity index (χ4v) is 4.44. The number of rotatable bonds is 2. The van der Waals surface area contributed by atoms with Gasteiger partial charge in [-0.05, 0) is 42.2 Å². The zero-order chi connectivity index (χ0) is 14.5. The summed E-state index contributed by atoms with van der Waals surface area (Å²) < 4.78 is 5.52. The van der Waals surface area contributed by atoms with Crippen LogP contribution in [0.4, 0.5) is 0 Å². The molecule has 1 aliphatic carbocycles. The maximum absolute atomic E-state index is 12.7. The topological polar surface area (TPSA) is 59.5 Å². The van der Waals surface area contributed by atoms with E-state index in [1.54, 1.807) is 12.1 Å². The van der Waals surface area contributed by atoms with Crippen molar-refractivity contribution in [1.82, 2.24) is 4.90 Å². The van der Waals surface area contributed by atoms with E-state index in [0.29, 0.717) is 29.5 Å². The first-order valence-electron chi connectivity index (χ1n) is 7.42. The summed E-state index contributed by atoms with van der Waals surface area (Å²) in [6.07, 6.45) is 3.39. The summed E-state index contributed by atoms with van der Waals surface area (Å²) in [7, 11) is 0. The number of hydrogen-bond donors (Lipinski definition) is 1. The molecule has 1 aliphatic heterocycles. The molecule has 3 rings (SSSR count). The van der Waals surface area contributed by atoms with Crippen molar-refractivity contribution in [2.24, 2.45) is 16.6 Å². The molecule has 0 radical (unpaired) electrons. The largest absolute Gasteiger partial charge is 0.455 e. The van der Waals surface area contributed by atoms with Gasteiger partial charge in [0.15, 0.2) is 5.76 Å². The first-order chi connectivity index (χ1) is 9.32. The third kappa shape index (κ3) is 2.26. The Hall–Kier alpha value is -1.29. The zero-order valence-corrected chi connectivity index (χ0v) is 12.6. The van der Waals surface area contributed by atoms with E-state index >= 15 is 0 Å². The molecule has 0 aromatic carbocycles. The number of nitrogens with zero attached hydrogens (tertiary/aromatic N) is 1. The molecule has 4 nitrogen and oxygen atoms in total. The SMILES string of the molecule is CC1(C)CC2CC(C)(CN2C(=O)c2ccc(CN)o2)C1. The molecule has 110 valence electrons. The fraction of sp³-hybridized carbons (Fsp3) is 0.688. The lowest BCUT2D eigenvalue weighted by atomic mass is 9.65. The van der Waals surface area contributed by atoms with E-state index in [1.165, 1.54) is 6.42 Å². The number of amides is 1. The molecule has 20 heavy (non-hydrogen) atoms. The average molecular weight is 276 g/mol. The number of nitrogens with two attached hydrogens (primary N) is 1. The van der Waals surface area contributed by atoms with Gasteiger partial charge in [-0.15, -0.1) is 0 Å². The Labute approximate surface area is 120 Å². The lowest BCUT2D eigenvalue weighted by molar-refractivity contribution is 0.0674. The third-order valence-corrected chi connectivity index (χ3v) is 4.75. The number of likely N-dealkylation sites (tertiary alicyclic amines) is 1. The van der Waals surface area contributed by atoms with Crippen LogP contribution >= 0.6 is 0 Å². The van der Waals surface area contributed by atoms with Crippen molar-refractivity contribution in [3.63, 3.8) is 0 Å². The van der Waals surface area contributed by atoms with Gasteiger partial charge >= 0.3 is 0 Å². The van der Waals surface area contributed by atoms with Gasteiger partial charge in [0.1, 0.15) is 5.76 Å². The lowest BCUT2D eigenvalue weighted by Crippen LogP contribution is -2.37. The van der Waals surface area contributed by atoms with Crippen molar-refractivity contribution in [2.75, 3.05) is 6.54 Å². The minimum atomic E-state index is 0.0242.